The van der Waals surface area contributed by atoms with E-state index in [1.54, 1.807) is 0 Å². The summed E-state index contributed by atoms with van der Waals surface area (Å²) in [4.78, 5) is 8.87. The molecular formula is C17H15N3. The topological polar surface area (TPSA) is 51.8 Å². The molecule has 2 aromatic carbocycles. The minimum atomic E-state index is 0.710. The second-order valence-electron chi connectivity index (χ2n) is 4.79. The van der Waals surface area contributed by atoms with Crippen LogP contribution in [0, 0.1) is 6.92 Å². The van der Waals surface area contributed by atoms with Crippen molar-refractivity contribution >= 4 is 5.69 Å². The van der Waals surface area contributed by atoms with Gasteiger partial charge in [0.2, 0.25) is 0 Å². The Morgan fingerprint density at radius 1 is 0.800 bits per heavy atom. The second-order valence-corrected chi connectivity index (χ2v) is 4.79. The van der Waals surface area contributed by atoms with Gasteiger partial charge in [-0.15, -0.1) is 0 Å². The second kappa shape index (κ2) is 5.13. The normalized spacial score (nSPS) is 10.4. The number of nitrogen functional groups attached to an aromatic ring is 1. The average Bonchev–Trinajstić information content (AvgIpc) is 2.48. The number of hydrogen-bond donors (Lipinski definition) is 1. The fourth-order valence-electron chi connectivity index (χ4n) is 2.08. The fraction of sp³-hybridized carbons (Fsp3) is 0.0588. The van der Waals surface area contributed by atoms with Gasteiger partial charge in [-0.25, -0.2) is 9.97 Å². The molecule has 0 amide bonds. The number of benzene rings is 2. The van der Waals surface area contributed by atoms with E-state index >= 15 is 0 Å². The van der Waals surface area contributed by atoms with Crippen LogP contribution in [0.2, 0.25) is 0 Å². The Hall–Kier alpha value is -2.68. The molecule has 3 aromatic rings. The molecule has 0 saturated carbocycles. The van der Waals surface area contributed by atoms with E-state index in [4.69, 9.17) is 5.73 Å². The van der Waals surface area contributed by atoms with Crippen LogP contribution in [0.15, 0.2) is 60.9 Å². The van der Waals surface area contributed by atoms with Gasteiger partial charge in [-0.1, -0.05) is 29.8 Å². The van der Waals surface area contributed by atoms with Crippen LogP contribution in [0.1, 0.15) is 5.56 Å². The van der Waals surface area contributed by atoms with Crippen molar-refractivity contribution in [2.75, 3.05) is 5.73 Å². The Bertz CT molecular complexity index is 716. The summed E-state index contributed by atoms with van der Waals surface area (Å²) in [5.41, 5.74) is 10.8. The predicted molar refractivity (Wildman–Crippen MR) is 82.1 cm³/mol. The van der Waals surface area contributed by atoms with E-state index in [0.29, 0.717) is 5.82 Å². The highest BCUT2D eigenvalue weighted by Crippen LogP contribution is 2.21. The SMILES string of the molecule is Cc1cccc(-c2cnc(-c3ccc(N)cc3)nc2)c1. The van der Waals surface area contributed by atoms with Crippen LogP contribution in [0.4, 0.5) is 5.69 Å². The number of aryl methyl sites for hydroxylation is 1. The maximum Gasteiger partial charge on any atom is 0.159 e. The third-order valence-corrected chi connectivity index (χ3v) is 3.17. The van der Waals surface area contributed by atoms with Crippen molar-refractivity contribution in [1.29, 1.82) is 0 Å². The number of nitrogens with two attached hydrogens (primary N) is 1. The molecule has 0 aliphatic carbocycles. The first-order chi connectivity index (χ1) is 9.72. The molecule has 98 valence electrons. The Morgan fingerprint density at radius 2 is 1.50 bits per heavy atom. The average molecular weight is 261 g/mol. The zero-order valence-electron chi connectivity index (χ0n) is 11.2. The molecule has 0 atom stereocenters. The van der Waals surface area contributed by atoms with Gasteiger partial charge < -0.3 is 5.73 Å². The summed E-state index contributed by atoms with van der Waals surface area (Å²) in [5, 5.41) is 0. The summed E-state index contributed by atoms with van der Waals surface area (Å²) in [5.74, 6) is 0.710. The van der Waals surface area contributed by atoms with Gasteiger partial charge in [-0.05, 0) is 36.8 Å². The standard InChI is InChI=1S/C17H15N3/c1-12-3-2-4-14(9-12)15-10-19-17(20-11-15)13-5-7-16(18)8-6-13/h2-11H,18H2,1H3. The minimum Gasteiger partial charge on any atom is -0.399 e. The van der Waals surface area contributed by atoms with Crippen molar-refractivity contribution < 1.29 is 0 Å². The number of anilines is 1. The molecule has 0 bridgehead atoms. The van der Waals surface area contributed by atoms with Crippen molar-refractivity contribution in [3.63, 3.8) is 0 Å². The number of nitrogens with zero attached hydrogens (tertiary/aromatic N) is 2. The van der Waals surface area contributed by atoms with Crippen LogP contribution in [-0.4, -0.2) is 9.97 Å². The Labute approximate surface area is 118 Å². The van der Waals surface area contributed by atoms with E-state index < -0.39 is 0 Å². The molecule has 0 aliphatic heterocycles. The quantitative estimate of drug-likeness (QED) is 0.715. The van der Waals surface area contributed by atoms with Crippen LogP contribution in [-0.2, 0) is 0 Å². The van der Waals surface area contributed by atoms with E-state index in [1.807, 2.05) is 42.7 Å². The molecule has 0 aliphatic rings. The lowest BCUT2D eigenvalue weighted by Crippen LogP contribution is -1.91. The molecule has 0 unspecified atom stereocenters. The maximum atomic E-state index is 5.68. The molecule has 3 rings (SSSR count). The van der Waals surface area contributed by atoms with Crippen molar-refractivity contribution in [2.24, 2.45) is 0 Å². The monoisotopic (exact) mass is 261 g/mol. The van der Waals surface area contributed by atoms with Crippen LogP contribution in [0.25, 0.3) is 22.5 Å². The van der Waals surface area contributed by atoms with Crippen LogP contribution in [0.5, 0.6) is 0 Å². The molecule has 0 fully saturated rings. The first kappa shape index (κ1) is 12.4. The van der Waals surface area contributed by atoms with E-state index in [1.165, 1.54) is 5.56 Å². The number of hydrogen-bond acceptors (Lipinski definition) is 3. The van der Waals surface area contributed by atoms with E-state index in [9.17, 15) is 0 Å². The van der Waals surface area contributed by atoms with Crippen molar-refractivity contribution in [3.05, 3.63) is 66.5 Å². The van der Waals surface area contributed by atoms with Gasteiger partial charge in [-0.2, -0.15) is 0 Å². The highest BCUT2D eigenvalue weighted by atomic mass is 14.9. The van der Waals surface area contributed by atoms with Gasteiger partial charge in [0, 0.05) is 29.2 Å². The number of rotatable bonds is 2. The van der Waals surface area contributed by atoms with Crippen LogP contribution < -0.4 is 5.73 Å². The molecule has 20 heavy (non-hydrogen) atoms. The lowest BCUT2D eigenvalue weighted by Gasteiger charge is -2.04. The Morgan fingerprint density at radius 3 is 2.15 bits per heavy atom. The van der Waals surface area contributed by atoms with Crippen LogP contribution >= 0.6 is 0 Å². The molecule has 0 saturated heterocycles. The van der Waals surface area contributed by atoms with Gasteiger partial charge >= 0.3 is 0 Å². The largest absolute Gasteiger partial charge is 0.399 e. The lowest BCUT2D eigenvalue weighted by molar-refractivity contribution is 1.18. The van der Waals surface area contributed by atoms with E-state index in [-0.39, 0.29) is 0 Å². The molecule has 1 aromatic heterocycles. The Balaban J connectivity index is 1.93. The highest BCUT2D eigenvalue weighted by molar-refractivity contribution is 5.65. The summed E-state index contributed by atoms with van der Waals surface area (Å²) in [6.07, 6.45) is 3.71. The summed E-state index contributed by atoms with van der Waals surface area (Å²) in [6.45, 7) is 2.08. The van der Waals surface area contributed by atoms with Gasteiger partial charge in [-0.3, -0.25) is 0 Å². The lowest BCUT2D eigenvalue weighted by atomic mass is 10.1. The maximum absolute atomic E-state index is 5.68. The smallest absolute Gasteiger partial charge is 0.159 e. The first-order valence-electron chi connectivity index (χ1n) is 6.47. The first-order valence-corrected chi connectivity index (χ1v) is 6.47. The summed E-state index contributed by atoms with van der Waals surface area (Å²) < 4.78 is 0. The number of aromatic nitrogens is 2. The van der Waals surface area contributed by atoms with Crippen LogP contribution in [0.3, 0.4) is 0 Å². The van der Waals surface area contributed by atoms with Gasteiger partial charge in [0.25, 0.3) is 0 Å². The molecule has 1 heterocycles. The van der Waals surface area contributed by atoms with Crippen molar-refractivity contribution in [2.45, 2.75) is 6.92 Å². The molecule has 3 heteroatoms. The van der Waals surface area contributed by atoms with Gasteiger partial charge in [0.15, 0.2) is 5.82 Å². The van der Waals surface area contributed by atoms with E-state index in [2.05, 4.69) is 35.1 Å². The molecule has 0 radical (unpaired) electrons. The molecule has 3 nitrogen and oxygen atoms in total. The van der Waals surface area contributed by atoms with Gasteiger partial charge in [0.05, 0.1) is 0 Å². The summed E-state index contributed by atoms with van der Waals surface area (Å²) in [7, 11) is 0. The Kier molecular flexibility index (Phi) is 3.17. The minimum absolute atomic E-state index is 0.710. The zero-order valence-corrected chi connectivity index (χ0v) is 11.2. The fourth-order valence-corrected chi connectivity index (χ4v) is 2.08. The third kappa shape index (κ3) is 2.52. The van der Waals surface area contributed by atoms with Crippen molar-refractivity contribution in [1.82, 2.24) is 9.97 Å². The predicted octanol–water partition coefficient (Wildman–Crippen LogP) is 3.70. The van der Waals surface area contributed by atoms with E-state index in [0.717, 1.165) is 22.4 Å². The van der Waals surface area contributed by atoms with Gasteiger partial charge in [0.1, 0.15) is 0 Å². The molecular weight excluding hydrogens is 246 g/mol. The molecule has 0 spiro atoms. The summed E-state index contributed by atoms with van der Waals surface area (Å²) >= 11 is 0. The van der Waals surface area contributed by atoms with Crippen molar-refractivity contribution in [3.8, 4) is 22.5 Å². The summed E-state index contributed by atoms with van der Waals surface area (Å²) in [6, 6.07) is 15.9. The highest BCUT2D eigenvalue weighted by Gasteiger charge is 2.03. The molecule has 2 N–H and O–H groups in total. The third-order valence-electron chi connectivity index (χ3n) is 3.17. The zero-order chi connectivity index (χ0) is 13.9.